The lowest BCUT2D eigenvalue weighted by Crippen LogP contribution is -2.13. The van der Waals surface area contributed by atoms with E-state index in [4.69, 9.17) is 5.10 Å². The molecule has 3 rings (SSSR count). The van der Waals surface area contributed by atoms with Gasteiger partial charge in [-0.1, -0.05) is 44.5 Å². The maximum absolute atomic E-state index is 11.7. The number of carbonyl (C=O) groups is 1. The van der Waals surface area contributed by atoms with Crippen LogP contribution < -0.4 is 5.32 Å². The van der Waals surface area contributed by atoms with Crippen LogP contribution in [0.3, 0.4) is 0 Å². The molecule has 5 nitrogen and oxygen atoms in total. The summed E-state index contributed by atoms with van der Waals surface area (Å²) >= 11 is 0. The van der Waals surface area contributed by atoms with Gasteiger partial charge in [0, 0.05) is 11.5 Å². The molecule has 0 bridgehead atoms. The molecule has 0 radical (unpaired) electrons. The van der Waals surface area contributed by atoms with E-state index in [0.717, 1.165) is 33.9 Å². The molecule has 3 aromatic rings. The van der Waals surface area contributed by atoms with E-state index in [1.807, 2.05) is 37.6 Å². The van der Waals surface area contributed by atoms with E-state index < -0.39 is 5.97 Å². The van der Waals surface area contributed by atoms with E-state index in [0.29, 0.717) is 5.69 Å². The van der Waals surface area contributed by atoms with Crippen LogP contribution in [0.25, 0.3) is 5.69 Å². The van der Waals surface area contributed by atoms with Crippen LogP contribution in [0.15, 0.2) is 42.5 Å². The number of aryl methyl sites for hydroxylation is 3. The summed E-state index contributed by atoms with van der Waals surface area (Å²) in [7, 11) is 0. The third kappa shape index (κ3) is 3.93. The molecule has 0 aliphatic heterocycles. The van der Waals surface area contributed by atoms with Gasteiger partial charge in [0.15, 0.2) is 0 Å². The number of nitrogens with one attached hydrogen (secondary N) is 1. The Labute approximate surface area is 166 Å². The molecule has 146 valence electrons. The zero-order valence-corrected chi connectivity index (χ0v) is 17.3. The fourth-order valence-electron chi connectivity index (χ4n) is 3.05. The first-order valence-corrected chi connectivity index (χ1v) is 9.35. The van der Waals surface area contributed by atoms with E-state index in [1.165, 1.54) is 0 Å². The maximum atomic E-state index is 11.7. The third-order valence-corrected chi connectivity index (χ3v) is 4.74. The van der Waals surface area contributed by atoms with Gasteiger partial charge in [0.05, 0.1) is 22.6 Å². The van der Waals surface area contributed by atoms with Crippen LogP contribution in [0.1, 0.15) is 53.5 Å². The zero-order chi connectivity index (χ0) is 20.6. The van der Waals surface area contributed by atoms with Gasteiger partial charge in [-0.05, 0) is 50.1 Å². The summed E-state index contributed by atoms with van der Waals surface area (Å²) in [4.78, 5) is 11.7. The monoisotopic (exact) mass is 377 g/mol. The molecule has 5 heteroatoms. The molecule has 0 fully saturated rings. The van der Waals surface area contributed by atoms with Gasteiger partial charge in [0.2, 0.25) is 0 Å². The number of benzene rings is 2. The summed E-state index contributed by atoms with van der Waals surface area (Å²) in [6.45, 7) is 12.3. The van der Waals surface area contributed by atoms with E-state index in [9.17, 15) is 9.90 Å². The number of rotatable bonds is 4. The Hall–Kier alpha value is -3.08. The van der Waals surface area contributed by atoms with Gasteiger partial charge >= 0.3 is 5.97 Å². The lowest BCUT2D eigenvalue weighted by atomic mass is 9.92. The quantitative estimate of drug-likeness (QED) is 0.627. The topological polar surface area (TPSA) is 67.2 Å². The van der Waals surface area contributed by atoms with E-state index in [2.05, 4.69) is 44.3 Å². The molecule has 0 saturated carbocycles. The smallest absolute Gasteiger partial charge is 0.337 e. The molecular weight excluding hydrogens is 350 g/mol. The number of aromatic carboxylic acids is 1. The predicted molar refractivity (Wildman–Crippen MR) is 113 cm³/mol. The van der Waals surface area contributed by atoms with Crippen molar-refractivity contribution < 1.29 is 9.90 Å². The molecule has 0 unspecified atom stereocenters. The second-order valence-electron chi connectivity index (χ2n) is 8.35. The molecule has 0 atom stereocenters. The van der Waals surface area contributed by atoms with Gasteiger partial charge < -0.3 is 10.4 Å². The minimum Gasteiger partial charge on any atom is -0.478 e. The lowest BCUT2D eigenvalue weighted by Gasteiger charge is -2.15. The Morgan fingerprint density at radius 2 is 1.64 bits per heavy atom. The van der Waals surface area contributed by atoms with Crippen LogP contribution in [0, 0.1) is 20.8 Å². The fourth-order valence-corrected chi connectivity index (χ4v) is 3.05. The summed E-state index contributed by atoms with van der Waals surface area (Å²) in [6.07, 6.45) is 0. The first-order chi connectivity index (χ1) is 13.1. The van der Waals surface area contributed by atoms with Crippen molar-refractivity contribution in [3.05, 3.63) is 70.4 Å². The highest BCUT2D eigenvalue weighted by Crippen LogP contribution is 2.30. The number of hydrogen-bond acceptors (Lipinski definition) is 3. The van der Waals surface area contributed by atoms with Crippen LogP contribution in [0.2, 0.25) is 0 Å². The van der Waals surface area contributed by atoms with E-state index in [-0.39, 0.29) is 11.0 Å². The predicted octanol–water partition coefficient (Wildman–Crippen LogP) is 5.54. The lowest BCUT2D eigenvalue weighted by molar-refractivity contribution is 0.0698. The highest BCUT2D eigenvalue weighted by Gasteiger charge is 2.22. The second-order valence-corrected chi connectivity index (χ2v) is 8.35. The minimum atomic E-state index is -0.958. The summed E-state index contributed by atoms with van der Waals surface area (Å²) in [5.74, 6) is -0.218. The first-order valence-electron chi connectivity index (χ1n) is 9.35. The molecule has 0 aliphatic carbocycles. The van der Waals surface area contributed by atoms with Crippen molar-refractivity contribution in [2.24, 2.45) is 0 Å². The molecule has 1 aromatic heterocycles. The van der Waals surface area contributed by atoms with Crippen molar-refractivity contribution in [2.75, 3.05) is 5.32 Å². The van der Waals surface area contributed by atoms with Gasteiger partial charge in [-0.25, -0.2) is 9.48 Å². The highest BCUT2D eigenvalue weighted by molar-refractivity contribution is 5.95. The Bertz CT molecular complexity index is 1040. The third-order valence-electron chi connectivity index (χ3n) is 4.74. The summed E-state index contributed by atoms with van der Waals surface area (Å²) in [6, 6.07) is 13.6. The van der Waals surface area contributed by atoms with Crippen molar-refractivity contribution in [1.29, 1.82) is 0 Å². The SMILES string of the molecule is Cc1ccc(Nc2cc(C(C)(C)C)nn2-c2cc(C)ccc2C)c(C(=O)O)c1. The number of carboxylic acid groups (broad SMARTS) is 1. The largest absolute Gasteiger partial charge is 0.478 e. The zero-order valence-electron chi connectivity index (χ0n) is 17.3. The van der Waals surface area contributed by atoms with Crippen LogP contribution in [0.4, 0.5) is 11.5 Å². The number of nitrogens with zero attached hydrogens (tertiary/aromatic N) is 2. The normalized spacial score (nSPS) is 11.5. The second kappa shape index (κ2) is 7.15. The van der Waals surface area contributed by atoms with Gasteiger partial charge in [0.1, 0.15) is 5.82 Å². The summed E-state index contributed by atoms with van der Waals surface area (Å²) in [5.41, 5.74) is 5.70. The van der Waals surface area contributed by atoms with Crippen LogP contribution in [-0.2, 0) is 5.41 Å². The van der Waals surface area contributed by atoms with Crippen LogP contribution in [0.5, 0.6) is 0 Å². The first kappa shape index (κ1) is 19.7. The highest BCUT2D eigenvalue weighted by atomic mass is 16.4. The molecule has 2 aromatic carbocycles. The van der Waals surface area contributed by atoms with Gasteiger partial charge in [-0.15, -0.1) is 0 Å². The molecule has 2 N–H and O–H groups in total. The van der Waals surface area contributed by atoms with Crippen LogP contribution >= 0.6 is 0 Å². The van der Waals surface area contributed by atoms with Crippen molar-refractivity contribution >= 4 is 17.5 Å². The number of hydrogen-bond donors (Lipinski definition) is 2. The number of aromatic nitrogens is 2. The van der Waals surface area contributed by atoms with Crippen molar-refractivity contribution in [3.63, 3.8) is 0 Å². The van der Waals surface area contributed by atoms with E-state index >= 15 is 0 Å². The Morgan fingerprint density at radius 3 is 2.29 bits per heavy atom. The maximum Gasteiger partial charge on any atom is 0.337 e. The molecule has 0 amide bonds. The van der Waals surface area contributed by atoms with Crippen LogP contribution in [-0.4, -0.2) is 20.9 Å². The Balaban J connectivity index is 2.17. The molecule has 0 aliphatic rings. The molecule has 28 heavy (non-hydrogen) atoms. The Kier molecular flexibility index (Phi) is 5.02. The molecular formula is C23H27N3O2. The van der Waals surface area contributed by atoms with Gasteiger partial charge in [-0.2, -0.15) is 5.10 Å². The molecule has 0 spiro atoms. The molecule has 0 saturated heterocycles. The van der Waals surface area contributed by atoms with Crippen molar-refractivity contribution in [3.8, 4) is 5.69 Å². The molecule has 1 heterocycles. The van der Waals surface area contributed by atoms with E-state index in [1.54, 1.807) is 12.1 Å². The summed E-state index contributed by atoms with van der Waals surface area (Å²) in [5, 5.41) is 17.8. The number of anilines is 2. The Morgan fingerprint density at radius 1 is 1.00 bits per heavy atom. The average molecular weight is 377 g/mol. The van der Waals surface area contributed by atoms with Crippen molar-refractivity contribution in [1.82, 2.24) is 9.78 Å². The minimum absolute atomic E-state index is 0.137. The standard InChI is InChI=1S/C23H27N3O2/c1-14-8-10-18(17(11-14)22(27)28)24-21-13-20(23(4,5)6)25-26(21)19-12-15(2)7-9-16(19)3/h7-13,24H,1-6H3,(H,27,28). The van der Waals surface area contributed by atoms with Gasteiger partial charge in [-0.3, -0.25) is 0 Å². The number of carboxylic acids is 1. The van der Waals surface area contributed by atoms with Gasteiger partial charge in [0.25, 0.3) is 0 Å². The summed E-state index contributed by atoms with van der Waals surface area (Å²) < 4.78 is 1.87. The van der Waals surface area contributed by atoms with Crippen molar-refractivity contribution in [2.45, 2.75) is 47.0 Å². The fraction of sp³-hybridized carbons (Fsp3) is 0.304. The average Bonchev–Trinajstić information content (AvgIpc) is 3.02.